The van der Waals surface area contributed by atoms with Crippen molar-refractivity contribution in [3.8, 4) is 34.5 Å². The van der Waals surface area contributed by atoms with Crippen LogP contribution in [0, 0.1) is 0 Å². The molecular formula is C22H21N7O3. The van der Waals surface area contributed by atoms with Crippen LogP contribution >= 0.6 is 0 Å². The molecule has 5 aromatic heterocycles. The van der Waals surface area contributed by atoms with E-state index >= 15 is 0 Å². The standard InChI is InChI=1S/C22H21N7O3/c1-27-13-23-8-15(27)10-28-11-16(9-25-28)29-12-19-17(22(29)30)4-5-18(26-19)14-6-20(31-2)21(32-3)24-7-14/h4-9,11-13,30H,10H2,1-3H3. The molecule has 0 saturated heterocycles. The van der Waals surface area contributed by atoms with E-state index in [1.54, 1.807) is 54.6 Å². The molecule has 5 aromatic rings. The van der Waals surface area contributed by atoms with E-state index in [4.69, 9.17) is 14.5 Å². The van der Waals surface area contributed by atoms with Crippen molar-refractivity contribution in [3.05, 3.63) is 61.2 Å². The summed E-state index contributed by atoms with van der Waals surface area (Å²) in [5, 5.41) is 15.8. The lowest BCUT2D eigenvalue weighted by Gasteiger charge is -2.08. The van der Waals surface area contributed by atoms with E-state index in [1.165, 1.54) is 0 Å². The van der Waals surface area contributed by atoms with E-state index in [-0.39, 0.29) is 5.88 Å². The molecule has 0 aromatic carbocycles. The van der Waals surface area contributed by atoms with Gasteiger partial charge >= 0.3 is 0 Å². The van der Waals surface area contributed by atoms with Crippen molar-refractivity contribution in [1.82, 2.24) is 33.9 Å². The van der Waals surface area contributed by atoms with E-state index in [0.717, 1.165) is 16.9 Å². The third-order valence-corrected chi connectivity index (χ3v) is 5.31. The Labute approximate surface area is 183 Å². The predicted molar refractivity (Wildman–Crippen MR) is 117 cm³/mol. The van der Waals surface area contributed by atoms with Crippen LogP contribution in [-0.4, -0.2) is 53.2 Å². The molecular weight excluding hydrogens is 410 g/mol. The molecule has 5 heterocycles. The number of ether oxygens (including phenoxy) is 2. The predicted octanol–water partition coefficient (Wildman–Crippen LogP) is 2.79. The molecule has 162 valence electrons. The van der Waals surface area contributed by atoms with Gasteiger partial charge in [-0.15, -0.1) is 0 Å². The van der Waals surface area contributed by atoms with Gasteiger partial charge in [0, 0.05) is 31.2 Å². The summed E-state index contributed by atoms with van der Waals surface area (Å²) < 4.78 is 15.9. The van der Waals surface area contributed by atoms with Gasteiger partial charge in [0.25, 0.3) is 5.88 Å². The zero-order valence-corrected chi connectivity index (χ0v) is 17.8. The maximum Gasteiger partial charge on any atom is 0.256 e. The molecule has 1 N–H and O–H groups in total. The van der Waals surface area contributed by atoms with E-state index < -0.39 is 0 Å². The van der Waals surface area contributed by atoms with Crippen molar-refractivity contribution in [2.45, 2.75) is 6.54 Å². The summed E-state index contributed by atoms with van der Waals surface area (Å²) in [6.45, 7) is 0.576. The largest absolute Gasteiger partial charge is 0.494 e. The van der Waals surface area contributed by atoms with Crippen LogP contribution in [0.5, 0.6) is 17.5 Å². The van der Waals surface area contributed by atoms with Crippen molar-refractivity contribution in [2.75, 3.05) is 14.2 Å². The number of rotatable bonds is 6. The molecule has 32 heavy (non-hydrogen) atoms. The third-order valence-electron chi connectivity index (χ3n) is 5.31. The Morgan fingerprint density at radius 2 is 1.94 bits per heavy atom. The minimum atomic E-state index is 0.101. The first-order valence-electron chi connectivity index (χ1n) is 9.85. The number of aryl methyl sites for hydroxylation is 1. The second-order valence-corrected chi connectivity index (χ2v) is 7.28. The molecule has 0 spiro atoms. The normalized spacial score (nSPS) is 11.2. The Hall–Kier alpha value is -4.34. The fraction of sp³-hybridized carbons (Fsp3) is 0.182. The van der Waals surface area contributed by atoms with Crippen LogP contribution in [0.1, 0.15) is 5.69 Å². The van der Waals surface area contributed by atoms with E-state index in [0.29, 0.717) is 34.8 Å². The van der Waals surface area contributed by atoms with Crippen LogP contribution < -0.4 is 9.47 Å². The average Bonchev–Trinajstić information content (AvgIpc) is 3.53. The van der Waals surface area contributed by atoms with Gasteiger partial charge in [0.1, 0.15) is 0 Å². The fourth-order valence-corrected chi connectivity index (χ4v) is 3.57. The number of nitrogens with zero attached hydrogens (tertiary/aromatic N) is 7. The van der Waals surface area contributed by atoms with Crippen molar-refractivity contribution < 1.29 is 14.6 Å². The van der Waals surface area contributed by atoms with Crippen LogP contribution in [0.2, 0.25) is 0 Å². The monoisotopic (exact) mass is 431 g/mol. The van der Waals surface area contributed by atoms with Gasteiger partial charge in [-0.1, -0.05) is 0 Å². The van der Waals surface area contributed by atoms with Crippen molar-refractivity contribution in [2.24, 2.45) is 7.05 Å². The summed E-state index contributed by atoms with van der Waals surface area (Å²) in [5.74, 6) is 1.03. The molecule has 0 unspecified atom stereocenters. The Bertz CT molecular complexity index is 1420. The lowest BCUT2D eigenvalue weighted by molar-refractivity contribution is 0.343. The van der Waals surface area contributed by atoms with Gasteiger partial charge in [0.15, 0.2) is 5.75 Å². The highest BCUT2D eigenvalue weighted by Crippen LogP contribution is 2.33. The minimum absolute atomic E-state index is 0.101. The molecule has 0 fully saturated rings. The molecule has 0 bridgehead atoms. The summed E-state index contributed by atoms with van der Waals surface area (Å²) in [5.41, 5.74) is 3.89. The van der Waals surface area contributed by atoms with Gasteiger partial charge in [-0.3, -0.25) is 9.25 Å². The Kier molecular flexibility index (Phi) is 4.74. The van der Waals surface area contributed by atoms with Crippen LogP contribution in [0.4, 0.5) is 0 Å². The third kappa shape index (κ3) is 3.31. The number of hydrogen-bond donors (Lipinski definition) is 1. The molecule has 0 radical (unpaired) electrons. The number of hydrogen-bond acceptors (Lipinski definition) is 7. The average molecular weight is 431 g/mol. The first kappa shape index (κ1) is 19.6. The lowest BCUT2D eigenvalue weighted by atomic mass is 10.1. The molecule has 0 aliphatic rings. The Morgan fingerprint density at radius 1 is 1.06 bits per heavy atom. The summed E-state index contributed by atoms with van der Waals surface area (Å²) in [4.78, 5) is 13.1. The Morgan fingerprint density at radius 3 is 2.69 bits per heavy atom. The lowest BCUT2D eigenvalue weighted by Crippen LogP contribution is -2.04. The molecule has 0 amide bonds. The maximum atomic E-state index is 10.8. The smallest absolute Gasteiger partial charge is 0.256 e. The molecule has 10 heteroatoms. The first-order chi connectivity index (χ1) is 15.6. The SMILES string of the molecule is COc1cc(-c2ccc3c(O)n(-c4cnn(Cc5cncn5C)c4)cc3n2)cnc1OC. The van der Waals surface area contributed by atoms with Crippen LogP contribution in [0.15, 0.2) is 55.5 Å². The number of pyridine rings is 2. The molecule has 0 saturated carbocycles. The molecule has 0 aliphatic heterocycles. The van der Waals surface area contributed by atoms with E-state index in [2.05, 4.69) is 15.1 Å². The summed E-state index contributed by atoms with van der Waals surface area (Å²) >= 11 is 0. The van der Waals surface area contributed by atoms with Gasteiger partial charge in [0.2, 0.25) is 5.88 Å². The summed E-state index contributed by atoms with van der Waals surface area (Å²) in [7, 11) is 5.04. The fourth-order valence-electron chi connectivity index (χ4n) is 3.57. The van der Waals surface area contributed by atoms with Crippen LogP contribution in [-0.2, 0) is 13.6 Å². The number of aromatic hydroxyl groups is 1. The van der Waals surface area contributed by atoms with Gasteiger partial charge < -0.3 is 19.1 Å². The van der Waals surface area contributed by atoms with Gasteiger partial charge in [-0.25, -0.2) is 15.0 Å². The van der Waals surface area contributed by atoms with Crippen LogP contribution in [0.3, 0.4) is 0 Å². The topological polar surface area (TPSA) is 105 Å². The van der Waals surface area contributed by atoms with Gasteiger partial charge in [0.05, 0.1) is 67.5 Å². The van der Waals surface area contributed by atoms with E-state index in [9.17, 15) is 5.11 Å². The highest BCUT2D eigenvalue weighted by Gasteiger charge is 2.15. The zero-order valence-electron chi connectivity index (χ0n) is 17.8. The minimum Gasteiger partial charge on any atom is -0.494 e. The Balaban J connectivity index is 1.49. The highest BCUT2D eigenvalue weighted by molar-refractivity contribution is 5.87. The quantitative estimate of drug-likeness (QED) is 0.441. The molecule has 5 rings (SSSR count). The first-order valence-corrected chi connectivity index (χ1v) is 9.85. The number of methoxy groups -OCH3 is 2. The van der Waals surface area contributed by atoms with Crippen LogP contribution in [0.25, 0.3) is 27.8 Å². The van der Waals surface area contributed by atoms with Crippen molar-refractivity contribution >= 4 is 10.9 Å². The summed E-state index contributed by atoms with van der Waals surface area (Å²) in [6, 6.07) is 5.49. The van der Waals surface area contributed by atoms with E-state index in [1.807, 2.05) is 36.0 Å². The van der Waals surface area contributed by atoms with Gasteiger partial charge in [-0.2, -0.15) is 5.10 Å². The molecule has 0 aliphatic carbocycles. The molecule has 10 nitrogen and oxygen atoms in total. The van der Waals surface area contributed by atoms with Gasteiger partial charge in [-0.05, 0) is 18.2 Å². The summed E-state index contributed by atoms with van der Waals surface area (Å²) in [6.07, 6.45) is 10.6. The number of aromatic nitrogens is 7. The molecule has 0 atom stereocenters. The zero-order chi connectivity index (χ0) is 22.2. The van der Waals surface area contributed by atoms with Crippen molar-refractivity contribution in [3.63, 3.8) is 0 Å². The second kappa shape index (κ2) is 7.73. The number of fused-ring (bicyclic) bond motifs is 1. The second-order valence-electron chi connectivity index (χ2n) is 7.28. The maximum absolute atomic E-state index is 10.8. The number of imidazole rings is 1. The highest BCUT2D eigenvalue weighted by atomic mass is 16.5. The van der Waals surface area contributed by atoms with Crippen molar-refractivity contribution in [1.29, 1.82) is 0 Å².